The standard InChI is InChI=1S/C13H24N2O3/c1-13(2,3)18-12(16)15-6-4-10(9-15)11-8-14-5-7-17-11/h10-11,14H,4-9H2,1-3H3. The average molecular weight is 256 g/mol. The molecule has 0 spiro atoms. The lowest BCUT2D eigenvalue weighted by molar-refractivity contribution is -0.00864. The number of hydrogen-bond acceptors (Lipinski definition) is 4. The van der Waals surface area contributed by atoms with Crippen molar-refractivity contribution < 1.29 is 14.3 Å². The Morgan fingerprint density at radius 2 is 2.22 bits per heavy atom. The van der Waals surface area contributed by atoms with Crippen LogP contribution < -0.4 is 5.32 Å². The number of morpholine rings is 1. The van der Waals surface area contributed by atoms with Gasteiger partial charge in [0.15, 0.2) is 0 Å². The number of hydrogen-bond donors (Lipinski definition) is 1. The molecule has 2 aliphatic rings. The van der Waals surface area contributed by atoms with Crippen LogP contribution in [-0.4, -0.2) is 55.5 Å². The van der Waals surface area contributed by atoms with Gasteiger partial charge in [-0.1, -0.05) is 0 Å². The second-order valence-electron chi connectivity index (χ2n) is 6.09. The first-order valence-electron chi connectivity index (χ1n) is 6.76. The first kappa shape index (κ1) is 13.6. The molecule has 18 heavy (non-hydrogen) atoms. The molecule has 2 rings (SSSR count). The van der Waals surface area contributed by atoms with E-state index in [1.807, 2.05) is 20.8 Å². The predicted molar refractivity (Wildman–Crippen MR) is 68.5 cm³/mol. The number of carbonyl (C=O) groups excluding carboxylic acids is 1. The van der Waals surface area contributed by atoms with Crippen molar-refractivity contribution in [3.63, 3.8) is 0 Å². The van der Waals surface area contributed by atoms with Crippen molar-refractivity contribution in [2.75, 3.05) is 32.8 Å². The summed E-state index contributed by atoms with van der Waals surface area (Å²) in [7, 11) is 0. The Balaban J connectivity index is 1.82. The fraction of sp³-hybridized carbons (Fsp3) is 0.923. The van der Waals surface area contributed by atoms with Gasteiger partial charge in [-0.15, -0.1) is 0 Å². The van der Waals surface area contributed by atoms with Crippen molar-refractivity contribution >= 4 is 6.09 Å². The van der Waals surface area contributed by atoms with Gasteiger partial charge in [-0.3, -0.25) is 0 Å². The number of nitrogens with one attached hydrogen (secondary N) is 1. The Labute approximate surface area is 109 Å². The average Bonchev–Trinajstić information content (AvgIpc) is 2.77. The smallest absolute Gasteiger partial charge is 0.410 e. The van der Waals surface area contributed by atoms with E-state index in [0.717, 1.165) is 39.2 Å². The summed E-state index contributed by atoms with van der Waals surface area (Å²) in [6, 6.07) is 0. The van der Waals surface area contributed by atoms with E-state index in [1.165, 1.54) is 0 Å². The molecule has 1 amide bonds. The van der Waals surface area contributed by atoms with Crippen LogP contribution in [0.3, 0.4) is 0 Å². The number of carbonyl (C=O) groups is 1. The Morgan fingerprint density at radius 1 is 1.44 bits per heavy atom. The lowest BCUT2D eigenvalue weighted by Gasteiger charge is -2.29. The van der Waals surface area contributed by atoms with Crippen LogP contribution in [0.1, 0.15) is 27.2 Å². The molecule has 0 aromatic rings. The van der Waals surface area contributed by atoms with Crippen LogP contribution in [-0.2, 0) is 9.47 Å². The Kier molecular flexibility index (Phi) is 4.12. The molecule has 0 radical (unpaired) electrons. The number of ether oxygens (including phenoxy) is 2. The minimum Gasteiger partial charge on any atom is -0.444 e. The van der Waals surface area contributed by atoms with Gasteiger partial charge in [0.25, 0.3) is 0 Å². The second-order valence-corrected chi connectivity index (χ2v) is 6.09. The summed E-state index contributed by atoms with van der Waals surface area (Å²) in [5.41, 5.74) is -0.419. The Morgan fingerprint density at radius 3 is 2.83 bits per heavy atom. The van der Waals surface area contributed by atoms with Gasteiger partial charge in [-0.05, 0) is 27.2 Å². The summed E-state index contributed by atoms with van der Waals surface area (Å²) in [6.45, 7) is 9.81. The molecule has 0 aromatic heterocycles. The van der Waals surface area contributed by atoms with Crippen LogP contribution in [0.2, 0.25) is 0 Å². The first-order valence-corrected chi connectivity index (χ1v) is 6.76. The maximum absolute atomic E-state index is 11.9. The number of rotatable bonds is 1. The highest BCUT2D eigenvalue weighted by molar-refractivity contribution is 5.68. The van der Waals surface area contributed by atoms with Crippen LogP contribution >= 0.6 is 0 Å². The Bertz CT molecular complexity index is 295. The van der Waals surface area contributed by atoms with E-state index < -0.39 is 5.60 Å². The zero-order valence-corrected chi connectivity index (χ0v) is 11.6. The van der Waals surface area contributed by atoms with Crippen molar-refractivity contribution in [2.45, 2.75) is 38.9 Å². The molecule has 2 fully saturated rings. The first-order chi connectivity index (χ1) is 8.46. The van der Waals surface area contributed by atoms with Gasteiger partial charge in [0, 0.05) is 32.1 Å². The van der Waals surface area contributed by atoms with E-state index in [1.54, 1.807) is 4.90 Å². The largest absolute Gasteiger partial charge is 0.444 e. The van der Waals surface area contributed by atoms with Crippen molar-refractivity contribution in [3.05, 3.63) is 0 Å². The van der Waals surface area contributed by atoms with E-state index >= 15 is 0 Å². The molecule has 2 saturated heterocycles. The van der Waals surface area contributed by atoms with Gasteiger partial charge in [0.05, 0.1) is 12.7 Å². The predicted octanol–water partition coefficient (Wildman–Crippen LogP) is 1.23. The molecule has 5 nitrogen and oxygen atoms in total. The van der Waals surface area contributed by atoms with Crippen molar-refractivity contribution in [1.82, 2.24) is 10.2 Å². The zero-order valence-electron chi connectivity index (χ0n) is 11.6. The zero-order chi connectivity index (χ0) is 13.2. The molecule has 2 atom stereocenters. The highest BCUT2D eigenvalue weighted by atomic mass is 16.6. The molecule has 0 bridgehead atoms. The molecule has 2 heterocycles. The van der Waals surface area contributed by atoms with E-state index in [-0.39, 0.29) is 12.2 Å². The molecule has 2 unspecified atom stereocenters. The minimum atomic E-state index is -0.419. The monoisotopic (exact) mass is 256 g/mol. The molecule has 1 N–H and O–H groups in total. The fourth-order valence-corrected chi connectivity index (χ4v) is 2.47. The van der Waals surface area contributed by atoms with Crippen molar-refractivity contribution in [1.29, 1.82) is 0 Å². The summed E-state index contributed by atoms with van der Waals surface area (Å²) in [5.74, 6) is 0.435. The van der Waals surface area contributed by atoms with E-state index in [0.29, 0.717) is 5.92 Å². The maximum atomic E-state index is 11.9. The lowest BCUT2D eigenvalue weighted by Crippen LogP contribution is -2.44. The third kappa shape index (κ3) is 3.59. The molecular weight excluding hydrogens is 232 g/mol. The van der Waals surface area contributed by atoms with E-state index in [2.05, 4.69) is 5.32 Å². The van der Waals surface area contributed by atoms with Crippen LogP contribution in [0.5, 0.6) is 0 Å². The molecule has 0 aliphatic carbocycles. The van der Waals surface area contributed by atoms with Crippen molar-refractivity contribution in [2.24, 2.45) is 5.92 Å². The molecule has 0 saturated carbocycles. The fourth-order valence-electron chi connectivity index (χ4n) is 2.47. The molecular formula is C13H24N2O3. The van der Waals surface area contributed by atoms with E-state index in [9.17, 15) is 4.79 Å². The highest BCUT2D eigenvalue weighted by Gasteiger charge is 2.34. The third-order valence-corrected chi connectivity index (χ3v) is 3.36. The van der Waals surface area contributed by atoms with Gasteiger partial charge in [0.2, 0.25) is 0 Å². The quantitative estimate of drug-likeness (QED) is 0.766. The summed E-state index contributed by atoms with van der Waals surface area (Å²) < 4.78 is 11.1. The van der Waals surface area contributed by atoms with Crippen LogP contribution in [0.25, 0.3) is 0 Å². The molecule has 0 aromatic carbocycles. The summed E-state index contributed by atoms with van der Waals surface area (Å²) in [6.07, 6.45) is 1.05. The normalized spacial score (nSPS) is 29.4. The van der Waals surface area contributed by atoms with Gasteiger partial charge in [0.1, 0.15) is 5.60 Å². The van der Waals surface area contributed by atoms with Gasteiger partial charge >= 0.3 is 6.09 Å². The molecule has 5 heteroatoms. The van der Waals surface area contributed by atoms with Crippen LogP contribution in [0, 0.1) is 5.92 Å². The molecule has 104 valence electrons. The van der Waals surface area contributed by atoms with Gasteiger partial charge in [-0.25, -0.2) is 4.79 Å². The third-order valence-electron chi connectivity index (χ3n) is 3.36. The summed E-state index contributed by atoms with van der Waals surface area (Å²) in [4.78, 5) is 13.7. The number of amides is 1. The highest BCUT2D eigenvalue weighted by Crippen LogP contribution is 2.24. The van der Waals surface area contributed by atoms with Gasteiger partial charge in [-0.2, -0.15) is 0 Å². The summed E-state index contributed by atoms with van der Waals surface area (Å²) in [5, 5.41) is 3.33. The maximum Gasteiger partial charge on any atom is 0.410 e. The SMILES string of the molecule is CC(C)(C)OC(=O)N1CCC(C2CNCCO2)C1. The van der Waals surface area contributed by atoms with Crippen molar-refractivity contribution in [3.8, 4) is 0 Å². The number of nitrogens with zero attached hydrogens (tertiary/aromatic N) is 1. The molecule has 2 aliphatic heterocycles. The Hall–Kier alpha value is -0.810. The number of likely N-dealkylation sites (tertiary alicyclic amines) is 1. The van der Waals surface area contributed by atoms with Crippen LogP contribution in [0.4, 0.5) is 4.79 Å². The minimum absolute atomic E-state index is 0.200. The second kappa shape index (κ2) is 5.45. The lowest BCUT2D eigenvalue weighted by atomic mass is 10.0. The van der Waals surface area contributed by atoms with Gasteiger partial charge < -0.3 is 19.7 Å². The topological polar surface area (TPSA) is 50.8 Å². The van der Waals surface area contributed by atoms with Crippen LogP contribution in [0.15, 0.2) is 0 Å². The summed E-state index contributed by atoms with van der Waals surface area (Å²) >= 11 is 0. The van der Waals surface area contributed by atoms with E-state index in [4.69, 9.17) is 9.47 Å².